The van der Waals surface area contributed by atoms with Gasteiger partial charge in [-0.25, -0.2) is 13.9 Å². The van der Waals surface area contributed by atoms with Crippen LogP contribution >= 0.6 is 15.6 Å². The highest BCUT2D eigenvalue weighted by atomic mass is 31.3. The minimum atomic E-state index is -5.48. The lowest BCUT2D eigenvalue weighted by Gasteiger charge is -2.21. The second kappa shape index (κ2) is 37.6. The number of nitrogens with two attached hydrogens (primary N) is 1. The number of nitrogen functional groups attached to an aromatic ring is 1. The third kappa shape index (κ3) is 30.5. The van der Waals surface area contributed by atoms with Gasteiger partial charge in [0.05, 0.1) is 13.2 Å². The molecule has 6 N–H and O–H groups in total. The number of aromatic nitrogens is 2. The Bertz CT molecular complexity index is 2040. The monoisotopic (exact) mass is 1040 g/mol. The lowest BCUT2D eigenvalue weighted by molar-refractivity contribution is -0.161. The highest BCUT2D eigenvalue weighted by Gasteiger charge is 2.46. The van der Waals surface area contributed by atoms with E-state index in [4.69, 9.17) is 29.0 Å². The first-order valence-electron chi connectivity index (χ1n) is 24.9. The van der Waals surface area contributed by atoms with Gasteiger partial charge in [0.1, 0.15) is 30.7 Å². The normalized spacial score (nSPS) is 19.7. The minimum absolute atomic E-state index is 0.0194. The number of carbonyl (C=O) groups excluding carboxylic acids is 3. The first-order valence-corrected chi connectivity index (χ1v) is 27.9. The third-order valence-electron chi connectivity index (χ3n) is 10.7. The summed E-state index contributed by atoms with van der Waals surface area (Å²) in [5.74, 6) is -1.79. The summed E-state index contributed by atoms with van der Waals surface area (Å²) in [6.07, 6.45) is 34.2. The van der Waals surface area contributed by atoms with Gasteiger partial charge in [0, 0.05) is 25.5 Å². The highest BCUT2D eigenvalue weighted by Crippen LogP contribution is 2.60. The van der Waals surface area contributed by atoms with Crippen molar-refractivity contribution in [3.05, 3.63) is 95.7 Å². The van der Waals surface area contributed by atoms with Crippen LogP contribution in [0.15, 0.2) is 90.0 Å². The average molecular weight is 1040 g/mol. The molecule has 1 aliphatic heterocycles. The van der Waals surface area contributed by atoms with Gasteiger partial charge in [0.15, 0.2) is 18.1 Å². The molecule has 2 rings (SSSR count). The van der Waals surface area contributed by atoms with E-state index in [1.54, 1.807) is 12.2 Å². The summed E-state index contributed by atoms with van der Waals surface area (Å²) in [5, 5.41) is 20.9. The van der Waals surface area contributed by atoms with Crippen LogP contribution in [0.4, 0.5) is 5.82 Å². The smallest absolute Gasteiger partial charge is 0.462 e. The van der Waals surface area contributed by atoms with E-state index in [0.29, 0.717) is 6.42 Å². The van der Waals surface area contributed by atoms with E-state index in [2.05, 4.69) is 65.7 Å². The molecule has 1 saturated heterocycles. The van der Waals surface area contributed by atoms with Crippen molar-refractivity contribution in [3.8, 4) is 0 Å². The summed E-state index contributed by atoms with van der Waals surface area (Å²) < 4.78 is 56.5. The number of allylic oxidation sites excluding steroid dienone is 12. The Hall–Kier alpha value is -4.13. The van der Waals surface area contributed by atoms with Gasteiger partial charge in [0.25, 0.3) is 0 Å². The van der Waals surface area contributed by atoms with Crippen LogP contribution in [0, 0.1) is 0 Å². The number of hydrogen-bond donors (Lipinski definition) is 5. The van der Waals surface area contributed by atoms with Crippen LogP contribution in [0.2, 0.25) is 0 Å². The molecule has 21 heteroatoms. The number of unbranched alkanes of at least 4 members (excludes halogenated alkanes) is 11. The fourth-order valence-corrected chi connectivity index (χ4v) is 8.93. The molecule has 400 valence electrons. The largest absolute Gasteiger partial charge is 0.481 e. The van der Waals surface area contributed by atoms with Crippen molar-refractivity contribution in [3.63, 3.8) is 0 Å². The maximum atomic E-state index is 12.8. The zero-order valence-corrected chi connectivity index (χ0v) is 43.3. The number of aliphatic hydroxyl groups is 2. The number of carbonyl (C=O) groups is 3. The first-order chi connectivity index (χ1) is 34.1. The number of hydrogen-bond acceptors (Lipinski definition) is 16. The minimum Gasteiger partial charge on any atom is -0.462 e. The summed E-state index contributed by atoms with van der Waals surface area (Å²) in [4.78, 5) is 74.2. The van der Waals surface area contributed by atoms with Gasteiger partial charge in [0.2, 0.25) is 0 Å². The fourth-order valence-electron chi connectivity index (χ4n) is 6.82. The quantitative estimate of drug-likeness (QED) is 0.0102. The molecule has 1 aliphatic rings. The zero-order chi connectivity index (χ0) is 52.2. The van der Waals surface area contributed by atoms with Crippen LogP contribution in [-0.2, 0) is 51.1 Å². The van der Waals surface area contributed by atoms with Gasteiger partial charge in [-0.3, -0.25) is 28.0 Å². The molecule has 0 bridgehead atoms. The number of nitrogens with zero attached hydrogens (tertiary/aromatic N) is 2. The van der Waals surface area contributed by atoms with Gasteiger partial charge in [-0.05, 0) is 82.8 Å². The molecule has 0 aromatic carbocycles. The Morgan fingerprint density at radius 3 is 1.92 bits per heavy atom. The molecule has 19 nitrogen and oxygen atoms in total. The number of anilines is 1. The van der Waals surface area contributed by atoms with Crippen LogP contribution in [0.5, 0.6) is 0 Å². The molecule has 1 aromatic rings. The molecule has 2 unspecified atom stereocenters. The number of phosphoric ester groups is 2. The predicted molar refractivity (Wildman–Crippen MR) is 270 cm³/mol. The Morgan fingerprint density at radius 2 is 1.28 bits per heavy atom. The first kappa shape index (κ1) is 63.0. The van der Waals surface area contributed by atoms with Gasteiger partial charge in [-0.1, -0.05) is 126 Å². The number of ether oxygens (including phenoxy) is 3. The number of ketones is 1. The third-order valence-corrected chi connectivity index (χ3v) is 13.3. The van der Waals surface area contributed by atoms with Crippen LogP contribution in [0.3, 0.4) is 0 Å². The lowest BCUT2D eigenvalue weighted by Crippen LogP contribution is -2.36. The Balaban J connectivity index is 1.87. The molecule has 0 spiro atoms. The van der Waals surface area contributed by atoms with Crippen molar-refractivity contribution >= 4 is 39.2 Å². The van der Waals surface area contributed by atoms with Gasteiger partial charge in [-0.15, -0.1) is 0 Å². The maximum absolute atomic E-state index is 12.8. The molecule has 1 aromatic heterocycles. The molecule has 0 saturated carbocycles. The summed E-state index contributed by atoms with van der Waals surface area (Å²) in [5.41, 5.74) is 4.56. The van der Waals surface area contributed by atoms with Crippen molar-refractivity contribution in [2.45, 2.75) is 179 Å². The Morgan fingerprint density at radius 1 is 0.718 bits per heavy atom. The SMILES string of the molecule is CCCCC/C=C\C/C=C\C/C=C\C=C\C(=O)CCCC(=O)OC[C@H](COP(=O)(O)OP(=O)(O)OC[C@H]1O[C@@H](n2ccc(N)nc2=O)[C@H](O)[C@@H]1O)OC(=O)CCCCCCC/C=C\C/C=C\CCCCC. The van der Waals surface area contributed by atoms with Crippen molar-refractivity contribution in [1.29, 1.82) is 0 Å². The maximum Gasteiger partial charge on any atom is 0.481 e. The summed E-state index contributed by atoms with van der Waals surface area (Å²) in [6.45, 7) is 1.84. The van der Waals surface area contributed by atoms with E-state index in [-0.39, 0.29) is 37.3 Å². The van der Waals surface area contributed by atoms with E-state index >= 15 is 0 Å². The second-order valence-electron chi connectivity index (χ2n) is 17.0. The van der Waals surface area contributed by atoms with Gasteiger partial charge < -0.3 is 39.9 Å². The second-order valence-corrected chi connectivity index (χ2v) is 20.0. The summed E-state index contributed by atoms with van der Waals surface area (Å²) in [7, 11) is -10.9. The predicted octanol–water partition coefficient (Wildman–Crippen LogP) is 9.29. The molecule has 0 aliphatic carbocycles. The van der Waals surface area contributed by atoms with E-state index in [1.807, 2.05) is 12.2 Å². The van der Waals surface area contributed by atoms with Crippen molar-refractivity contribution in [2.75, 3.05) is 25.6 Å². The molecule has 0 amide bonds. The van der Waals surface area contributed by atoms with Crippen LogP contribution in [0.1, 0.15) is 155 Å². The topological polar surface area (TPSA) is 283 Å². The van der Waals surface area contributed by atoms with E-state index < -0.39 is 83.7 Å². The van der Waals surface area contributed by atoms with E-state index in [1.165, 1.54) is 50.7 Å². The summed E-state index contributed by atoms with van der Waals surface area (Å²) >= 11 is 0. The standard InChI is InChI=1S/C50H79N3O16P2/c1-3-5-7-9-11-13-15-17-18-20-22-24-26-28-30-34-46(56)67-42(38-64-45(55)35-31-33-41(54)32-29-27-25-23-21-19-16-14-12-10-8-6-4-2)39-65-70(60,61)69-71(62,63)66-40-43-47(57)48(58)49(68-43)53-37-36-44(51)52-50(53)59/h11-14,17-19,21,25,27,29,32,36-37,42-43,47-49,57-58H,3-10,15-16,20,22-24,26,28,30-31,33-35,38-40H2,1-2H3,(H,60,61)(H,62,63)(H2,51,52,59)/b13-11-,14-12-,18-17-,21-19-,27-25-,32-29+/t42-,43-,47-,48-,49-/m1/s1. The number of phosphoric acid groups is 2. The Labute approximate surface area is 419 Å². The molecule has 1 fully saturated rings. The molecular formula is C50H79N3O16P2. The zero-order valence-electron chi connectivity index (χ0n) is 41.5. The van der Waals surface area contributed by atoms with Crippen LogP contribution in [-0.4, -0.2) is 91.5 Å². The van der Waals surface area contributed by atoms with Crippen LogP contribution in [0.25, 0.3) is 0 Å². The number of aliphatic hydroxyl groups excluding tert-OH is 2. The van der Waals surface area contributed by atoms with Crippen molar-refractivity contribution < 1.29 is 71.1 Å². The van der Waals surface area contributed by atoms with Crippen molar-refractivity contribution in [1.82, 2.24) is 9.55 Å². The average Bonchev–Trinajstić information content (AvgIpc) is 3.60. The van der Waals surface area contributed by atoms with E-state index in [9.17, 15) is 48.3 Å². The lowest BCUT2D eigenvalue weighted by atomic mass is 10.1. The molecule has 2 heterocycles. The molecular weight excluding hydrogens is 961 g/mol. The molecule has 71 heavy (non-hydrogen) atoms. The van der Waals surface area contributed by atoms with E-state index in [0.717, 1.165) is 75.0 Å². The highest BCUT2D eigenvalue weighted by molar-refractivity contribution is 7.61. The number of esters is 2. The Kier molecular flexibility index (Phi) is 33.3. The summed E-state index contributed by atoms with van der Waals surface area (Å²) in [6, 6.07) is 1.23. The molecule has 0 radical (unpaired) electrons. The van der Waals surface area contributed by atoms with Gasteiger partial charge >= 0.3 is 33.3 Å². The molecule has 7 atom stereocenters. The number of rotatable bonds is 40. The van der Waals surface area contributed by atoms with Crippen LogP contribution < -0.4 is 11.4 Å². The van der Waals surface area contributed by atoms with Crippen molar-refractivity contribution in [2.24, 2.45) is 0 Å². The van der Waals surface area contributed by atoms with Gasteiger partial charge in [-0.2, -0.15) is 9.29 Å². The fraction of sp³-hybridized carbons (Fsp3) is 0.620.